The van der Waals surface area contributed by atoms with E-state index in [0.29, 0.717) is 24.6 Å². The van der Waals surface area contributed by atoms with Crippen LogP contribution < -0.4 is 10.1 Å². The number of nitrogens with one attached hydrogen (secondary N) is 1. The van der Waals surface area contributed by atoms with Crippen LogP contribution in [0.1, 0.15) is 27.6 Å². The number of carbonyl (C=O) groups excluding carboxylic acids is 1. The van der Waals surface area contributed by atoms with E-state index >= 15 is 0 Å². The number of pyridine rings is 1. The van der Waals surface area contributed by atoms with E-state index in [-0.39, 0.29) is 12.0 Å². The summed E-state index contributed by atoms with van der Waals surface area (Å²) in [6, 6.07) is 11.6. The molecule has 0 unspecified atom stereocenters. The number of hydrogen-bond acceptors (Lipinski definition) is 4. The fraction of sp³-hybridized carbons (Fsp3) is 0.294. The third-order valence-corrected chi connectivity index (χ3v) is 3.75. The number of rotatable bonds is 4. The van der Waals surface area contributed by atoms with Crippen molar-refractivity contribution in [3.8, 4) is 5.88 Å². The Morgan fingerprint density at radius 1 is 1.36 bits per heavy atom. The van der Waals surface area contributed by atoms with Gasteiger partial charge in [0, 0.05) is 12.7 Å². The van der Waals surface area contributed by atoms with Gasteiger partial charge in [0.25, 0.3) is 5.91 Å². The number of amides is 1. The molecule has 0 bridgehead atoms. The molecule has 0 radical (unpaired) electrons. The van der Waals surface area contributed by atoms with Gasteiger partial charge in [0.15, 0.2) is 0 Å². The smallest absolute Gasteiger partial charge is 0.256 e. The van der Waals surface area contributed by atoms with Crippen molar-refractivity contribution in [1.82, 2.24) is 10.3 Å². The van der Waals surface area contributed by atoms with E-state index in [1.54, 1.807) is 18.3 Å². The molecule has 0 saturated heterocycles. The fourth-order valence-corrected chi connectivity index (χ4v) is 2.65. The molecule has 2 aromatic rings. The Morgan fingerprint density at radius 2 is 2.23 bits per heavy atom. The Morgan fingerprint density at radius 3 is 3.09 bits per heavy atom. The summed E-state index contributed by atoms with van der Waals surface area (Å²) in [4.78, 5) is 16.3. The van der Waals surface area contributed by atoms with Gasteiger partial charge in [-0.15, -0.1) is 0 Å². The molecule has 2 heterocycles. The van der Waals surface area contributed by atoms with Crippen LogP contribution in [0.15, 0.2) is 42.6 Å². The fourth-order valence-electron chi connectivity index (χ4n) is 2.65. The molecule has 1 N–H and O–H groups in total. The molecular weight excluding hydrogens is 280 g/mol. The number of aromatic nitrogens is 1. The summed E-state index contributed by atoms with van der Waals surface area (Å²) >= 11 is 0. The van der Waals surface area contributed by atoms with Crippen LogP contribution in [0.3, 0.4) is 0 Å². The maximum Gasteiger partial charge on any atom is 0.256 e. The average molecular weight is 298 g/mol. The van der Waals surface area contributed by atoms with Gasteiger partial charge in [-0.1, -0.05) is 24.3 Å². The van der Waals surface area contributed by atoms with Crippen molar-refractivity contribution in [1.29, 1.82) is 0 Å². The zero-order chi connectivity index (χ0) is 15.4. The maximum absolute atomic E-state index is 12.3. The molecule has 0 aliphatic carbocycles. The van der Waals surface area contributed by atoms with Crippen LogP contribution in [0.4, 0.5) is 0 Å². The minimum atomic E-state index is -0.211. The third-order valence-electron chi connectivity index (χ3n) is 3.75. The lowest BCUT2D eigenvalue weighted by Crippen LogP contribution is -2.32. The first-order chi connectivity index (χ1) is 10.8. The number of hydrogen-bond donors (Lipinski definition) is 1. The average Bonchev–Trinajstić information content (AvgIpc) is 2.59. The van der Waals surface area contributed by atoms with Crippen molar-refractivity contribution in [3.63, 3.8) is 0 Å². The lowest BCUT2D eigenvalue weighted by molar-refractivity contribution is 0.0411. The number of methoxy groups -OCH3 is 1. The Kier molecular flexibility index (Phi) is 4.34. The van der Waals surface area contributed by atoms with Gasteiger partial charge in [-0.25, -0.2) is 4.98 Å². The van der Waals surface area contributed by atoms with E-state index in [0.717, 1.165) is 12.0 Å². The topological polar surface area (TPSA) is 60.5 Å². The molecule has 3 rings (SSSR count). The quantitative estimate of drug-likeness (QED) is 0.939. The molecule has 5 nitrogen and oxygen atoms in total. The van der Waals surface area contributed by atoms with E-state index < -0.39 is 0 Å². The van der Waals surface area contributed by atoms with Gasteiger partial charge in [0.1, 0.15) is 11.7 Å². The SMILES string of the molecule is COc1ncccc1C(=O)NC[C@H]1OCCc2ccccc21. The van der Waals surface area contributed by atoms with Crippen LogP contribution >= 0.6 is 0 Å². The number of ether oxygens (including phenoxy) is 2. The van der Waals surface area contributed by atoms with E-state index in [4.69, 9.17) is 9.47 Å². The van der Waals surface area contributed by atoms with Crippen molar-refractivity contribution in [2.75, 3.05) is 20.3 Å². The van der Waals surface area contributed by atoms with Gasteiger partial charge in [0.2, 0.25) is 5.88 Å². The van der Waals surface area contributed by atoms with Crippen LogP contribution in [0, 0.1) is 0 Å². The molecule has 0 saturated carbocycles. The molecule has 114 valence electrons. The van der Waals surface area contributed by atoms with Crippen molar-refractivity contribution < 1.29 is 14.3 Å². The van der Waals surface area contributed by atoms with Crippen molar-refractivity contribution >= 4 is 5.91 Å². The van der Waals surface area contributed by atoms with Gasteiger partial charge in [-0.2, -0.15) is 0 Å². The number of benzene rings is 1. The highest BCUT2D eigenvalue weighted by molar-refractivity contribution is 5.96. The monoisotopic (exact) mass is 298 g/mol. The first kappa shape index (κ1) is 14.5. The van der Waals surface area contributed by atoms with Crippen LogP contribution in [0.5, 0.6) is 5.88 Å². The van der Waals surface area contributed by atoms with Crippen LogP contribution in [-0.2, 0) is 11.2 Å². The molecule has 1 aromatic heterocycles. The standard InChI is InChI=1S/C17H18N2O3/c1-21-17-14(7-4-9-18-17)16(20)19-11-15-13-6-3-2-5-12(13)8-10-22-15/h2-7,9,15H,8,10-11H2,1H3,(H,19,20)/t15-/m1/s1. The molecule has 0 spiro atoms. The number of carbonyl (C=O) groups is 1. The second kappa shape index (κ2) is 6.58. The zero-order valence-corrected chi connectivity index (χ0v) is 12.4. The van der Waals surface area contributed by atoms with Crippen LogP contribution in [0.25, 0.3) is 0 Å². The molecular formula is C17H18N2O3. The maximum atomic E-state index is 12.3. The highest BCUT2D eigenvalue weighted by Gasteiger charge is 2.22. The predicted molar refractivity (Wildman–Crippen MR) is 82.0 cm³/mol. The molecule has 22 heavy (non-hydrogen) atoms. The van der Waals surface area contributed by atoms with E-state index in [2.05, 4.69) is 22.4 Å². The normalized spacial score (nSPS) is 16.7. The van der Waals surface area contributed by atoms with Crippen molar-refractivity contribution in [3.05, 3.63) is 59.3 Å². The Bertz CT molecular complexity index is 672. The highest BCUT2D eigenvalue weighted by Crippen LogP contribution is 2.26. The minimum absolute atomic E-state index is 0.114. The first-order valence-corrected chi connectivity index (χ1v) is 7.26. The summed E-state index contributed by atoms with van der Waals surface area (Å²) in [6.45, 7) is 1.10. The van der Waals surface area contributed by atoms with E-state index in [1.165, 1.54) is 12.7 Å². The Labute approximate surface area is 129 Å². The molecule has 0 fully saturated rings. The molecule has 1 aliphatic rings. The van der Waals surface area contributed by atoms with Gasteiger partial charge < -0.3 is 14.8 Å². The van der Waals surface area contributed by atoms with Gasteiger partial charge >= 0.3 is 0 Å². The first-order valence-electron chi connectivity index (χ1n) is 7.26. The Hall–Kier alpha value is -2.40. The number of nitrogens with zero attached hydrogens (tertiary/aromatic N) is 1. The largest absolute Gasteiger partial charge is 0.480 e. The number of fused-ring (bicyclic) bond motifs is 1. The Balaban J connectivity index is 1.70. The van der Waals surface area contributed by atoms with Crippen LogP contribution in [-0.4, -0.2) is 31.2 Å². The lowest BCUT2D eigenvalue weighted by Gasteiger charge is -2.26. The molecule has 1 amide bonds. The summed E-state index contributed by atoms with van der Waals surface area (Å²) in [5, 5.41) is 2.90. The minimum Gasteiger partial charge on any atom is -0.480 e. The van der Waals surface area contributed by atoms with Gasteiger partial charge in [-0.3, -0.25) is 4.79 Å². The van der Waals surface area contributed by atoms with E-state index in [1.807, 2.05) is 12.1 Å². The van der Waals surface area contributed by atoms with Crippen molar-refractivity contribution in [2.24, 2.45) is 0 Å². The second-order valence-corrected chi connectivity index (χ2v) is 5.08. The molecule has 1 atom stereocenters. The summed E-state index contributed by atoms with van der Waals surface area (Å²) in [5.41, 5.74) is 2.85. The summed E-state index contributed by atoms with van der Waals surface area (Å²) in [7, 11) is 1.50. The predicted octanol–water partition coefficient (Wildman–Crippen LogP) is 2.13. The summed E-state index contributed by atoms with van der Waals surface area (Å²) < 4.78 is 10.9. The van der Waals surface area contributed by atoms with E-state index in [9.17, 15) is 4.79 Å². The molecule has 5 heteroatoms. The molecule has 1 aliphatic heterocycles. The van der Waals surface area contributed by atoms with Gasteiger partial charge in [0.05, 0.1) is 13.7 Å². The zero-order valence-electron chi connectivity index (χ0n) is 12.4. The highest BCUT2D eigenvalue weighted by atomic mass is 16.5. The summed E-state index contributed by atoms with van der Waals surface area (Å²) in [6.07, 6.45) is 2.39. The molecule has 1 aromatic carbocycles. The lowest BCUT2D eigenvalue weighted by atomic mass is 9.97. The second-order valence-electron chi connectivity index (χ2n) is 5.08. The van der Waals surface area contributed by atoms with Crippen molar-refractivity contribution in [2.45, 2.75) is 12.5 Å². The third kappa shape index (κ3) is 2.94. The van der Waals surface area contributed by atoms with Crippen LogP contribution in [0.2, 0.25) is 0 Å². The summed E-state index contributed by atoms with van der Waals surface area (Å²) in [5.74, 6) is 0.113. The van der Waals surface area contributed by atoms with Gasteiger partial charge in [-0.05, 0) is 29.7 Å².